The van der Waals surface area contributed by atoms with Gasteiger partial charge in [-0.1, -0.05) is 18.2 Å². The Morgan fingerprint density at radius 1 is 1.50 bits per heavy atom. The summed E-state index contributed by atoms with van der Waals surface area (Å²) in [5, 5.41) is 2.67. The lowest BCUT2D eigenvalue weighted by Gasteiger charge is -2.21. The van der Waals surface area contributed by atoms with Crippen LogP contribution in [-0.2, 0) is 0 Å². The lowest BCUT2D eigenvalue weighted by molar-refractivity contribution is 0.218. The molecule has 0 saturated carbocycles. The first kappa shape index (κ1) is 14.2. The van der Waals surface area contributed by atoms with Crippen molar-refractivity contribution in [1.82, 2.24) is 4.90 Å². The van der Waals surface area contributed by atoms with E-state index in [1.807, 2.05) is 13.8 Å². The summed E-state index contributed by atoms with van der Waals surface area (Å²) in [4.78, 5) is 13.5. The summed E-state index contributed by atoms with van der Waals surface area (Å²) in [6, 6.07) is 4.40. The Bertz CT molecular complexity index is 457. The Morgan fingerprint density at radius 2 is 2.17 bits per heavy atom. The lowest BCUT2D eigenvalue weighted by atomic mass is 10.2. The largest absolute Gasteiger partial charge is 0.322 e. The van der Waals surface area contributed by atoms with Crippen molar-refractivity contribution in [1.29, 1.82) is 0 Å². The Hall–Kier alpha value is -1.84. The topological polar surface area (TPSA) is 32.3 Å². The second-order valence-electron chi connectivity index (χ2n) is 4.37. The summed E-state index contributed by atoms with van der Waals surface area (Å²) in [5.41, 5.74) is 1.92. The maximum Gasteiger partial charge on any atom is 0.322 e. The van der Waals surface area contributed by atoms with Gasteiger partial charge in [0.15, 0.2) is 0 Å². The molecule has 0 unspecified atom stereocenters. The van der Waals surface area contributed by atoms with Crippen molar-refractivity contribution in [2.45, 2.75) is 20.8 Å². The van der Waals surface area contributed by atoms with Crippen molar-refractivity contribution in [2.75, 3.05) is 18.4 Å². The Kier molecular flexibility index (Phi) is 4.89. The van der Waals surface area contributed by atoms with E-state index >= 15 is 0 Å². The van der Waals surface area contributed by atoms with E-state index in [1.54, 1.807) is 24.0 Å². The van der Waals surface area contributed by atoms with Crippen LogP contribution in [0.25, 0.3) is 0 Å². The molecule has 1 aromatic carbocycles. The number of hydrogen-bond acceptors (Lipinski definition) is 1. The van der Waals surface area contributed by atoms with Crippen LogP contribution >= 0.6 is 0 Å². The zero-order valence-electron chi connectivity index (χ0n) is 11.1. The van der Waals surface area contributed by atoms with Gasteiger partial charge in [-0.05, 0) is 38.5 Å². The second-order valence-corrected chi connectivity index (χ2v) is 4.37. The molecule has 0 aliphatic carbocycles. The van der Waals surface area contributed by atoms with Gasteiger partial charge in [0.2, 0.25) is 0 Å². The minimum atomic E-state index is -0.323. The van der Waals surface area contributed by atoms with Gasteiger partial charge in [-0.15, -0.1) is 0 Å². The van der Waals surface area contributed by atoms with Crippen molar-refractivity contribution in [3.05, 3.63) is 41.7 Å². The number of halogens is 1. The summed E-state index contributed by atoms with van der Waals surface area (Å²) in [6.45, 7) is 10.3. The maximum atomic E-state index is 13.3. The van der Waals surface area contributed by atoms with Gasteiger partial charge in [-0.3, -0.25) is 0 Å². The standard InChI is InChI=1S/C14H19FN2O/c1-5-17(9-10(2)3)14(18)16-12-7-6-11(4)13(15)8-12/h6-8H,2,5,9H2,1,3-4H3,(H,16,18). The summed E-state index contributed by atoms with van der Waals surface area (Å²) >= 11 is 0. The molecule has 0 fully saturated rings. The number of nitrogens with one attached hydrogen (secondary N) is 1. The number of aryl methyl sites for hydroxylation is 1. The first-order valence-electron chi connectivity index (χ1n) is 5.90. The molecular formula is C14H19FN2O. The number of amides is 2. The van der Waals surface area contributed by atoms with E-state index in [4.69, 9.17) is 0 Å². The molecule has 98 valence electrons. The van der Waals surface area contributed by atoms with Gasteiger partial charge in [-0.25, -0.2) is 9.18 Å². The Morgan fingerprint density at radius 3 is 2.67 bits per heavy atom. The van der Waals surface area contributed by atoms with E-state index < -0.39 is 0 Å². The van der Waals surface area contributed by atoms with Crippen LogP contribution in [0, 0.1) is 12.7 Å². The summed E-state index contributed by atoms with van der Waals surface area (Å²) < 4.78 is 13.3. The number of nitrogens with zero attached hydrogens (tertiary/aromatic N) is 1. The molecule has 0 atom stereocenters. The minimum absolute atomic E-state index is 0.247. The molecule has 2 amide bonds. The fourth-order valence-electron chi connectivity index (χ4n) is 1.53. The molecule has 1 N–H and O–H groups in total. The van der Waals surface area contributed by atoms with Gasteiger partial charge < -0.3 is 10.2 Å². The smallest absolute Gasteiger partial charge is 0.321 e. The van der Waals surface area contributed by atoms with Crippen LogP contribution in [0.3, 0.4) is 0 Å². The summed E-state index contributed by atoms with van der Waals surface area (Å²) in [7, 11) is 0. The van der Waals surface area contributed by atoms with E-state index in [1.165, 1.54) is 6.07 Å². The number of likely N-dealkylation sites (N-methyl/N-ethyl adjacent to an activating group) is 1. The van der Waals surface area contributed by atoms with Crippen LogP contribution in [0.5, 0.6) is 0 Å². The average molecular weight is 250 g/mol. The predicted octanol–water partition coefficient (Wildman–Crippen LogP) is 3.56. The molecule has 0 aromatic heterocycles. The van der Waals surface area contributed by atoms with Crippen molar-refractivity contribution in [2.24, 2.45) is 0 Å². The molecule has 0 radical (unpaired) electrons. The van der Waals surface area contributed by atoms with Crippen LogP contribution in [0.4, 0.5) is 14.9 Å². The molecule has 18 heavy (non-hydrogen) atoms. The van der Waals surface area contributed by atoms with Crippen LogP contribution < -0.4 is 5.32 Å². The zero-order chi connectivity index (χ0) is 13.7. The summed E-state index contributed by atoms with van der Waals surface area (Å²) in [6.07, 6.45) is 0. The van der Waals surface area contributed by atoms with Crippen molar-refractivity contribution in [3.8, 4) is 0 Å². The van der Waals surface area contributed by atoms with E-state index in [-0.39, 0.29) is 11.8 Å². The average Bonchev–Trinajstić information content (AvgIpc) is 2.30. The number of benzene rings is 1. The first-order valence-corrected chi connectivity index (χ1v) is 5.90. The maximum absolute atomic E-state index is 13.3. The van der Waals surface area contributed by atoms with Gasteiger partial charge in [0, 0.05) is 18.8 Å². The van der Waals surface area contributed by atoms with E-state index in [2.05, 4.69) is 11.9 Å². The van der Waals surface area contributed by atoms with E-state index in [9.17, 15) is 9.18 Å². The van der Waals surface area contributed by atoms with Gasteiger partial charge in [0.1, 0.15) is 5.82 Å². The van der Waals surface area contributed by atoms with E-state index in [0.29, 0.717) is 24.3 Å². The Balaban J connectivity index is 2.73. The molecule has 0 heterocycles. The van der Waals surface area contributed by atoms with Crippen LogP contribution in [0.15, 0.2) is 30.4 Å². The molecule has 0 aliphatic heterocycles. The molecule has 0 saturated heterocycles. The quantitative estimate of drug-likeness (QED) is 0.814. The van der Waals surface area contributed by atoms with Gasteiger partial charge >= 0.3 is 6.03 Å². The number of hydrogen-bond donors (Lipinski definition) is 1. The number of rotatable bonds is 4. The lowest BCUT2D eigenvalue weighted by Crippen LogP contribution is -2.35. The molecule has 3 nitrogen and oxygen atoms in total. The third-order valence-corrected chi connectivity index (χ3v) is 2.55. The van der Waals surface area contributed by atoms with Gasteiger partial charge in [0.05, 0.1) is 0 Å². The fraction of sp³-hybridized carbons (Fsp3) is 0.357. The predicted molar refractivity (Wildman–Crippen MR) is 72.2 cm³/mol. The van der Waals surface area contributed by atoms with E-state index in [0.717, 1.165) is 5.57 Å². The zero-order valence-corrected chi connectivity index (χ0v) is 11.1. The third kappa shape index (κ3) is 3.87. The number of carbonyl (C=O) groups is 1. The highest BCUT2D eigenvalue weighted by molar-refractivity contribution is 5.89. The highest BCUT2D eigenvalue weighted by Crippen LogP contribution is 2.14. The van der Waals surface area contributed by atoms with Gasteiger partial charge in [0.25, 0.3) is 0 Å². The molecule has 0 bridgehead atoms. The second kappa shape index (κ2) is 6.19. The number of anilines is 1. The van der Waals surface area contributed by atoms with Crippen molar-refractivity contribution < 1.29 is 9.18 Å². The molecule has 1 aromatic rings. The molecule has 4 heteroatoms. The summed E-state index contributed by atoms with van der Waals surface area (Å²) in [5.74, 6) is -0.323. The molecule has 1 rings (SSSR count). The monoisotopic (exact) mass is 250 g/mol. The molecular weight excluding hydrogens is 231 g/mol. The minimum Gasteiger partial charge on any atom is -0.321 e. The van der Waals surface area contributed by atoms with Crippen molar-refractivity contribution in [3.63, 3.8) is 0 Å². The molecule has 0 aliphatic rings. The number of urea groups is 1. The number of carbonyl (C=O) groups excluding carboxylic acids is 1. The highest BCUT2D eigenvalue weighted by Gasteiger charge is 2.12. The SMILES string of the molecule is C=C(C)CN(CC)C(=O)Nc1ccc(C)c(F)c1. The van der Waals surface area contributed by atoms with Crippen LogP contribution in [0.1, 0.15) is 19.4 Å². The van der Waals surface area contributed by atoms with Gasteiger partial charge in [-0.2, -0.15) is 0 Å². The van der Waals surface area contributed by atoms with Crippen molar-refractivity contribution >= 4 is 11.7 Å². The fourth-order valence-corrected chi connectivity index (χ4v) is 1.53. The van der Waals surface area contributed by atoms with Crippen LogP contribution in [-0.4, -0.2) is 24.0 Å². The highest BCUT2D eigenvalue weighted by atomic mass is 19.1. The third-order valence-electron chi connectivity index (χ3n) is 2.55. The normalized spacial score (nSPS) is 10.0. The first-order chi connectivity index (χ1) is 8.43. The Labute approximate surface area is 107 Å². The van der Waals surface area contributed by atoms with Crippen LogP contribution in [0.2, 0.25) is 0 Å². The molecule has 0 spiro atoms.